The largest absolute Gasteiger partial charge is 0.378 e. The number of carbonyl (C=O) groups excluding carboxylic acids is 2. The number of fused-ring (bicyclic) bond motifs is 1. The van der Waals surface area contributed by atoms with Crippen LogP contribution in [0.5, 0.6) is 0 Å². The Morgan fingerprint density at radius 2 is 1.81 bits per heavy atom. The van der Waals surface area contributed by atoms with Crippen molar-refractivity contribution in [2.75, 3.05) is 13.1 Å². The highest BCUT2D eigenvalue weighted by Crippen LogP contribution is 2.29. The maximum absolute atomic E-state index is 13.1. The van der Waals surface area contributed by atoms with Gasteiger partial charge in [-0.25, -0.2) is 0 Å². The van der Waals surface area contributed by atoms with Gasteiger partial charge in [-0.2, -0.15) is 0 Å². The number of ketones is 2. The molecular weight excluding hydrogens is 326 g/mol. The number of hydrogen-bond acceptors (Lipinski definition) is 4. The van der Waals surface area contributed by atoms with Crippen molar-refractivity contribution >= 4 is 11.6 Å². The van der Waals surface area contributed by atoms with Crippen molar-refractivity contribution in [3.05, 3.63) is 46.7 Å². The molecule has 0 aliphatic heterocycles. The molecule has 4 nitrogen and oxygen atoms in total. The normalized spacial score (nSPS) is 18.5. The van der Waals surface area contributed by atoms with Crippen molar-refractivity contribution in [1.82, 2.24) is 4.90 Å². The second kappa shape index (κ2) is 7.47. The van der Waals surface area contributed by atoms with Gasteiger partial charge < -0.3 is 10.0 Å². The monoisotopic (exact) mass is 351 g/mol. The molecule has 0 aromatic heterocycles. The predicted octanol–water partition coefficient (Wildman–Crippen LogP) is 3.34. The van der Waals surface area contributed by atoms with Crippen LogP contribution in [0.4, 0.5) is 0 Å². The SMILES string of the molecule is CCN(CC)C1=CC(=O)c2cccc(C#CC3(O)CCCCC3)c2C1=O. The highest BCUT2D eigenvalue weighted by Gasteiger charge is 2.31. The van der Waals surface area contributed by atoms with Gasteiger partial charge in [-0.15, -0.1) is 0 Å². The number of nitrogens with zero attached hydrogens (tertiary/aromatic N) is 1. The minimum Gasteiger partial charge on any atom is -0.378 e. The standard InChI is InChI=1S/C22H25NO3/c1-3-23(4-2)18-15-19(24)17-10-8-9-16(20(17)21(18)25)11-14-22(26)12-6-5-7-13-22/h8-10,15,26H,3-7,12-13H2,1-2H3. The van der Waals surface area contributed by atoms with Gasteiger partial charge in [0.15, 0.2) is 5.78 Å². The Bertz CT molecular complexity index is 816. The Labute approximate surface area is 154 Å². The summed E-state index contributed by atoms with van der Waals surface area (Å²) in [7, 11) is 0. The number of carbonyl (C=O) groups is 2. The van der Waals surface area contributed by atoms with Crippen LogP contribution in [0.25, 0.3) is 0 Å². The third-order valence-electron chi connectivity index (χ3n) is 5.27. The van der Waals surface area contributed by atoms with Crippen molar-refractivity contribution < 1.29 is 14.7 Å². The molecule has 0 radical (unpaired) electrons. The molecule has 0 spiro atoms. The Hall–Kier alpha value is -2.38. The van der Waals surface area contributed by atoms with Crippen molar-refractivity contribution in [2.45, 2.75) is 51.6 Å². The zero-order chi connectivity index (χ0) is 18.7. The Morgan fingerprint density at radius 1 is 1.12 bits per heavy atom. The lowest BCUT2D eigenvalue weighted by Gasteiger charge is -2.27. The van der Waals surface area contributed by atoms with E-state index in [0.29, 0.717) is 48.3 Å². The molecule has 1 saturated carbocycles. The van der Waals surface area contributed by atoms with Crippen LogP contribution in [0.2, 0.25) is 0 Å². The average Bonchev–Trinajstić information content (AvgIpc) is 2.65. The van der Waals surface area contributed by atoms with Gasteiger partial charge >= 0.3 is 0 Å². The Balaban J connectivity index is 2.02. The van der Waals surface area contributed by atoms with Crippen LogP contribution in [0.15, 0.2) is 30.0 Å². The van der Waals surface area contributed by atoms with Crippen molar-refractivity contribution in [3.63, 3.8) is 0 Å². The Kier molecular flexibility index (Phi) is 5.29. The van der Waals surface area contributed by atoms with Gasteiger partial charge in [0.05, 0.1) is 11.3 Å². The van der Waals surface area contributed by atoms with Gasteiger partial charge in [0.25, 0.3) is 0 Å². The maximum Gasteiger partial charge on any atom is 0.211 e. The summed E-state index contributed by atoms with van der Waals surface area (Å²) in [5.41, 5.74) is 0.734. The lowest BCUT2D eigenvalue weighted by molar-refractivity contribution is 0.0610. The van der Waals surface area contributed by atoms with Crippen molar-refractivity contribution in [1.29, 1.82) is 0 Å². The molecule has 0 amide bonds. The predicted molar refractivity (Wildman–Crippen MR) is 101 cm³/mol. The van der Waals surface area contributed by atoms with Gasteiger partial charge in [-0.1, -0.05) is 30.4 Å². The zero-order valence-electron chi connectivity index (χ0n) is 15.5. The molecule has 2 aliphatic carbocycles. The first-order valence-electron chi connectivity index (χ1n) is 9.43. The van der Waals surface area contributed by atoms with Crippen LogP contribution >= 0.6 is 0 Å². The van der Waals surface area contributed by atoms with E-state index >= 15 is 0 Å². The lowest BCUT2D eigenvalue weighted by Crippen LogP contribution is -2.32. The van der Waals surface area contributed by atoms with Crippen LogP contribution in [0, 0.1) is 11.8 Å². The summed E-state index contributed by atoms with van der Waals surface area (Å²) in [5.74, 6) is 5.66. The van der Waals surface area contributed by atoms with E-state index in [1.54, 1.807) is 18.2 Å². The minimum absolute atomic E-state index is 0.163. The Morgan fingerprint density at radius 3 is 2.46 bits per heavy atom. The quantitative estimate of drug-likeness (QED) is 0.849. The van der Waals surface area contributed by atoms with Gasteiger partial charge in [0, 0.05) is 30.3 Å². The number of benzene rings is 1. The molecule has 0 saturated heterocycles. The summed E-state index contributed by atoms with van der Waals surface area (Å²) in [5, 5.41) is 10.6. The van der Waals surface area contributed by atoms with E-state index in [-0.39, 0.29) is 11.6 Å². The summed E-state index contributed by atoms with van der Waals surface area (Å²) in [6, 6.07) is 5.18. The molecule has 1 aromatic rings. The highest BCUT2D eigenvalue weighted by atomic mass is 16.3. The van der Waals surface area contributed by atoms with Crippen molar-refractivity contribution in [3.8, 4) is 11.8 Å². The smallest absolute Gasteiger partial charge is 0.211 e. The first-order valence-corrected chi connectivity index (χ1v) is 9.43. The lowest BCUT2D eigenvalue weighted by atomic mass is 9.84. The number of rotatable bonds is 3. The third-order valence-corrected chi connectivity index (χ3v) is 5.27. The van der Waals surface area contributed by atoms with Crippen LogP contribution in [0.1, 0.15) is 72.2 Å². The highest BCUT2D eigenvalue weighted by molar-refractivity contribution is 6.25. The topological polar surface area (TPSA) is 57.6 Å². The summed E-state index contributed by atoms with van der Waals surface area (Å²) in [6.45, 7) is 5.23. The molecule has 3 rings (SSSR count). The van der Waals surface area contributed by atoms with Crippen LogP contribution in [-0.2, 0) is 0 Å². The van der Waals surface area contributed by atoms with E-state index in [2.05, 4.69) is 11.8 Å². The summed E-state index contributed by atoms with van der Waals surface area (Å²) in [4.78, 5) is 27.5. The molecule has 4 heteroatoms. The van der Waals surface area contributed by atoms with E-state index in [0.717, 1.165) is 19.3 Å². The number of Topliss-reactive ketones (excluding diaryl/α,β-unsaturated/α-hetero) is 1. The summed E-state index contributed by atoms with van der Waals surface area (Å²) in [6.07, 6.45) is 5.80. The van der Waals surface area contributed by atoms with E-state index < -0.39 is 5.60 Å². The first kappa shape index (κ1) is 18.4. The number of allylic oxidation sites excluding steroid dienone is 2. The second-order valence-corrected chi connectivity index (χ2v) is 6.97. The third kappa shape index (κ3) is 3.45. The molecule has 2 aliphatic rings. The summed E-state index contributed by atoms with van der Waals surface area (Å²) < 4.78 is 0. The van der Waals surface area contributed by atoms with Crippen molar-refractivity contribution in [2.24, 2.45) is 0 Å². The molecular formula is C22H25NO3. The number of hydrogen-bond donors (Lipinski definition) is 1. The van der Waals surface area contributed by atoms with Gasteiger partial charge in [0.1, 0.15) is 5.60 Å². The zero-order valence-corrected chi connectivity index (χ0v) is 15.5. The molecule has 0 bridgehead atoms. The molecule has 0 unspecified atom stereocenters. The minimum atomic E-state index is -0.986. The van der Waals surface area contributed by atoms with Gasteiger partial charge in [0.2, 0.25) is 5.78 Å². The van der Waals surface area contributed by atoms with Crippen LogP contribution in [0.3, 0.4) is 0 Å². The number of aliphatic hydroxyl groups is 1. The van der Waals surface area contributed by atoms with Gasteiger partial charge in [-0.05, 0) is 45.6 Å². The molecule has 0 atom stereocenters. The van der Waals surface area contributed by atoms with E-state index in [1.165, 1.54) is 6.08 Å². The van der Waals surface area contributed by atoms with E-state index in [1.807, 2.05) is 18.7 Å². The van der Waals surface area contributed by atoms with Crippen LogP contribution < -0.4 is 0 Å². The number of likely N-dealkylation sites (N-methyl/N-ethyl adjacent to an activating group) is 1. The van der Waals surface area contributed by atoms with Gasteiger partial charge in [-0.3, -0.25) is 9.59 Å². The average molecular weight is 351 g/mol. The molecule has 26 heavy (non-hydrogen) atoms. The molecule has 1 fully saturated rings. The van der Waals surface area contributed by atoms with E-state index in [4.69, 9.17) is 0 Å². The second-order valence-electron chi connectivity index (χ2n) is 6.97. The molecule has 0 heterocycles. The maximum atomic E-state index is 13.1. The fourth-order valence-corrected chi connectivity index (χ4v) is 3.75. The van der Waals surface area contributed by atoms with Crippen LogP contribution in [-0.4, -0.2) is 40.3 Å². The summed E-state index contributed by atoms with van der Waals surface area (Å²) >= 11 is 0. The molecule has 136 valence electrons. The molecule has 1 N–H and O–H groups in total. The fraction of sp³-hybridized carbons (Fsp3) is 0.455. The fourth-order valence-electron chi connectivity index (χ4n) is 3.75. The first-order chi connectivity index (χ1) is 12.5. The molecule has 1 aromatic carbocycles. The van der Waals surface area contributed by atoms with E-state index in [9.17, 15) is 14.7 Å².